The summed E-state index contributed by atoms with van der Waals surface area (Å²) in [6, 6.07) is 2.84. The van der Waals surface area contributed by atoms with E-state index < -0.39 is 21.7 Å². The first kappa shape index (κ1) is 19.5. The molecule has 1 rings (SSSR count). The minimum atomic E-state index is -3.65. The molecular weight excluding hydrogens is 318 g/mol. The first-order valence-electron chi connectivity index (χ1n) is 7.30. The molecule has 0 fully saturated rings. The molecule has 0 aromatic carbocycles. The van der Waals surface area contributed by atoms with Crippen LogP contribution in [0.4, 0.5) is 5.82 Å². The molecule has 130 valence electrons. The van der Waals surface area contributed by atoms with Crippen molar-refractivity contribution in [2.45, 2.75) is 51.2 Å². The number of carbonyl (C=O) groups is 1. The van der Waals surface area contributed by atoms with Gasteiger partial charge in [-0.15, -0.1) is 0 Å². The highest BCUT2D eigenvalue weighted by molar-refractivity contribution is 7.89. The van der Waals surface area contributed by atoms with Gasteiger partial charge in [-0.3, -0.25) is 4.79 Å². The van der Waals surface area contributed by atoms with E-state index in [1.54, 1.807) is 20.8 Å². The van der Waals surface area contributed by atoms with Gasteiger partial charge in [-0.1, -0.05) is 13.8 Å². The van der Waals surface area contributed by atoms with Crippen LogP contribution in [0.25, 0.3) is 0 Å². The van der Waals surface area contributed by atoms with E-state index in [9.17, 15) is 13.2 Å². The monoisotopic (exact) mass is 343 g/mol. The fourth-order valence-electron chi connectivity index (χ4n) is 1.95. The molecule has 0 aliphatic heterocycles. The number of anilines is 1. The highest BCUT2D eigenvalue weighted by atomic mass is 32.2. The maximum atomic E-state index is 12.2. The summed E-state index contributed by atoms with van der Waals surface area (Å²) >= 11 is 0. The lowest BCUT2D eigenvalue weighted by Crippen LogP contribution is -2.40. The number of amides is 1. The Morgan fingerprint density at radius 1 is 1.26 bits per heavy atom. The SMILES string of the molecule is CO[C@H](C(=O)Nc1ccc(S(=O)(=O)NC(C)(C)C)cn1)C(C)C. The molecule has 0 aliphatic carbocycles. The van der Waals surface area contributed by atoms with E-state index in [0.29, 0.717) is 0 Å². The van der Waals surface area contributed by atoms with Gasteiger partial charge in [-0.05, 0) is 38.8 Å². The van der Waals surface area contributed by atoms with Gasteiger partial charge < -0.3 is 10.1 Å². The van der Waals surface area contributed by atoms with Crippen molar-refractivity contribution in [3.8, 4) is 0 Å². The van der Waals surface area contributed by atoms with Crippen molar-refractivity contribution in [2.75, 3.05) is 12.4 Å². The summed E-state index contributed by atoms with van der Waals surface area (Å²) in [5.74, 6) is -0.0403. The minimum Gasteiger partial charge on any atom is -0.371 e. The summed E-state index contributed by atoms with van der Waals surface area (Å²) in [5, 5.41) is 2.61. The highest BCUT2D eigenvalue weighted by Crippen LogP contribution is 2.15. The molecule has 23 heavy (non-hydrogen) atoms. The number of carbonyl (C=O) groups excluding carboxylic acids is 1. The molecule has 0 radical (unpaired) electrons. The number of pyridine rings is 1. The summed E-state index contributed by atoms with van der Waals surface area (Å²) < 4.78 is 32.0. The van der Waals surface area contributed by atoms with Crippen molar-refractivity contribution in [3.63, 3.8) is 0 Å². The zero-order valence-electron chi connectivity index (χ0n) is 14.4. The summed E-state index contributed by atoms with van der Waals surface area (Å²) in [6.45, 7) is 9.00. The Morgan fingerprint density at radius 3 is 2.26 bits per heavy atom. The van der Waals surface area contributed by atoms with E-state index in [-0.39, 0.29) is 22.5 Å². The molecule has 0 saturated heterocycles. The van der Waals surface area contributed by atoms with Crippen LogP contribution in [0.5, 0.6) is 0 Å². The number of methoxy groups -OCH3 is 1. The summed E-state index contributed by atoms with van der Waals surface area (Å²) in [5.41, 5.74) is -0.589. The number of nitrogens with zero attached hydrogens (tertiary/aromatic N) is 1. The van der Waals surface area contributed by atoms with Crippen molar-refractivity contribution in [1.29, 1.82) is 0 Å². The molecule has 0 spiro atoms. The van der Waals surface area contributed by atoms with Gasteiger partial charge in [0.05, 0.1) is 0 Å². The Balaban J connectivity index is 2.87. The van der Waals surface area contributed by atoms with E-state index >= 15 is 0 Å². The second kappa shape index (κ2) is 7.37. The van der Waals surface area contributed by atoms with Crippen LogP contribution < -0.4 is 10.0 Å². The predicted molar refractivity (Wildman–Crippen MR) is 88.6 cm³/mol. The number of ether oxygens (including phenoxy) is 1. The van der Waals surface area contributed by atoms with Gasteiger partial charge in [0.2, 0.25) is 10.0 Å². The van der Waals surface area contributed by atoms with Gasteiger partial charge in [0.1, 0.15) is 16.8 Å². The maximum Gasteiger partial charge on any atom is 0.254 e. The minimum absolute atomic E-state index is 0.00985. The maximum absolute atomic E-state index is 12.2. The van der Waals surface area contributed by atoms with Gasteiger partial charge in [0, 0.05) is 18.8 Å². The van der Waals surface area contributed by atoms with Crippen LogP contribution in [0.2, 0.25) is 0 Å². The Kier molecular flexibility index (Phi) is 6.26. The van der Waals surface area contributed by atoms with E-state index in [0.717, 1.165) is 0 Å². The molecule has 0 saturated carbocycles. The van der Waals surface area contributed by atoms with Crippen molar-refractivity contribution in [1.82, 2.24) is 9.71 Å². The number of hydrogen-bond donors (Lipinski definition) is 2. The van der Waals surface area contributed by atoms with Crippen LogP contribution in [0, 0.1) is 5.92 Å². The molecular formula is C15H25N3O4S. The molecule has 1 amide bonds. The van der Waals surface area contributed by atoms with Crippen LogP contribution in [0.15, 0.2) is 23.2 Å². The lowest BCUT2D eigenvalue weighted by atomic mass is 10.1. The fourth-order valence-corrected chi connectivity index (χ4v) is 3.32. The molecule has 2 N–H and O–H groups in total. The predicted octanol–water partition coefficient (Wildman–Crippen LogP) is 1.77. The van der Waals surface area contributed by atoms with Crippen molar-refractivity contribution < 1.29 is 17.9 Å². The van der Waals surface area contributed by atoms with Crippen molar-refractivity contribution >= 4 is 21.7 Å². The van der Waals surface area contributed by atoms with E-state index in [4.69, 9.17) is 4.74 Å². The Labute approximate surface area is 137 Å². The van der Waals surface area contributed by atoms with Gasteiger partial charge in [0.25, 0.3) is 5.91 Å². The third kappa shape index (κ3) is 5.89. The molecule has 1 aromatic heterocycles. The molecule has 0 bridgehead atoms. The van der Waals surface area contributed by atoms with E-state index in [2.05, 4.69) is 15.0 Å². The van der Waals surface area contributed by atoms with Crippen LogP contribution in [-0.2, 0) is 19.6 Å². The third-order valence-electron chi connectivity index (χ3n) is 2.86. The average molecular weight is 343 g/mol. The molecule has 1 atom stereocenters. The standard InChI is InChI=1S/C15H25N3O4S/c1-10(2)13(22-6)14(19)17-12-8-7-11(9-16-12)23(20,21)18-15(3,4)5/h7-10,13,18H,1-6H3,(H,16,17,19)/t13-/m0/s1. The summed E-state index contributed by atoms with van der Waals surface area (Å²) in [6.07, 6.45) is 0.615. The Morgan fingerprint density at radius 2 is 1.87 bits per heavy atom. The normalized spacial score (nSPS) is 13.9. The third-order valence-corrected chi connectivity index (χ3v) is 4.60. The van der Waals surface area contributed by atoms with Crippen molar-refractivity contribution in [2.24, 2.45) is 5.92 Å². The van der Waals surface area contributed by atoms with Crippen LogP contribution in [0.1, 0.15) is 34.6 Å². The zero-order valence-corrected chi connectivity index (χ0v) is 15.2. The van der Waals surface area contributed by atoms with Gasteiger partial charge in [0.15, 0.2) is 0 Å². The lowest BCUT2D eigenvalue weighted by Gasteiger charge is -2.20. The number of aromatic nitrogens is 1. The lowest BCUT2D eigenvalue weighted by molar-refractivity contribution is -0.128. The Hall–Kier alpha value is -1.51. The van der Waals surface area contributed by atoms with E-state index in [1.165, 1.54) is 25.4 Å². The fraction of sp³-hybridized carbons (Fsp3) is 0.600. The topological polar surface area (TPSA) is 97.4 Å². The van der Waals surface area contributed by atoms with Crippen molar-refractivity contribution in [3.05, 3.63) is 18.3 Å². The summed E-state index contributed by atoms with van der Waals surface area (Å²) in [4.78, 5) is 16.1. The first-order valence-corrected chi connectivity index (χ1v) is 8.78. The second-order valence-corrected chi connectivity index (χ2v) is 8.31. The Bertz CT molecular complexity index is 634. The largest absolute Gasteiger partial charge is 0.371 e. The number of nitrogens with one attached hydrogen (secondary N) is 2. The molecule has 1 heterocycles. The number of sulfonamides is 1. The van der Waals surface area contributed by atoms with Crippen LogP contribution in [-0.4, -0.2) is 38.1 Å². The summed E-state index contributed by atoms with van der Waals surface area (Å²) in [7, 11) is -2.18. The highest BCUT2D eigenvalue weighted by Gasteiger charge is 2.24. The molecule has 0 unspecified atom stereocenters. The van der Waals surface area contributed by atoms with Crippen LogP contribution in [0.3, 0.4) is 0 Å². The van der Waals surface area contributed by atoms with E-state index in [1.807, 2.05) is 13.8 Å². The van der Waals surface area contributed by atoms with Gasteiger partial charge in [-0.2, -0.15) is 0 Å². The molecule has 0 aliphatic rings. The average Bonchev–Trinajstić information content (AvgIpc) is 2.36. The molecule has 7 nitrogen and oxygen atoms in total. The van der Waals surface area contributed by atoms with Crippen LogP contribution >= 0.6 is 0 Å². The first-order chi connectivity index (χ1) is 10.5. The number of hydrogen-bond acceptors (Lipinski definition) is 5. The smallest absolute Gasteiger partial charge is 0.254 e. The molecule has 1 aromatic rings. The molecule has 8 heteroatoms. The van der Waals surface area contributed by atoms with Gasteiger partial charge in [-0.25, -0.2) is 18.1 Å². The quantitative estimate of drug-likeness (QED) is 0.820. The van der Waals surface area contributed by atoms with Gasteiger partial charge >= 0.3 is 0 Å². The zero-order chi connectivity index (χ0) is 17.8. The number of rotatable bonds is 6. The second-order valence-electron chi connectivity index (χ2n) is 6.62.